The molecule has 0 aliphatic carbocycles. The fraction of sp³-hybridized carbons (Fsp3) is 0.500. The van der Waals surface area contributed by atoms with Gasteiger partial charge in [0.1, 0.15) is 23.2 Å². The highest BCUT2D eigenvalue weighted by atomic mass is 16.5. The summed E-state index contributed by atoms with van der Waals surface area (Å²) in [7, 11) is 1.55. The van der Waals surface area contributed by atoms with Gasteiger partial charge in [-0.1, -0.05) is 5.11 Å². The van der Waals surface area contributed by atoms with Crippen LogP contribution in [0.3, 0.4) is 0 Å². The minimum absolute atomic E-state index is 0.600. The van der Waals surface area contributed by atoms with E-state index in [-0.39, 0.29) is 0 Å². The predicted molar refractivity (Wildman–Crippen MR) is 65.6 cm³/mol. The van der Waals surface area contributed by atoms with Crippen LogP contribution in [0.4, 0.5) is 0 Å². The second-order valence-electron chi connectivity index (χ2n) is 4.70. The Morgan fingerprint density at radius 2 is 2.22 bits per heavy atom. The largest absolute Gasteiger partial charge is 0.497 e. The summed E-state index contributed by atoms with van der Waals surface area (Å²) >= 11 is 0. The average molecular weight is 249 g/mol. The van der Waals surface area contributed by atoms with E-state index in [0.717, 1.165) is 0 Å². The van der Waals surface area contributed by atoms with E-state index >= 15 is 0 Å². The van der Waals surface area contributed by atoms with Crippen molar-refractivity contribution in [3.05, 3.63) is 34.2 Å². The molecule has 0 bridgehead atoms. The van der Waals surface area contributed by atoms with E-state index in [1.54, 1.807) is 39.2 Å². The molecule has 1 aromatic rings. The Labute approximate surface area is 105 Å². The number of ether oxygens (including phenoxy) is 2. The molecule has 0 saturated heterocycles. The molecule has 2 atom stereocenters. The van der Waals surface area contributed by atoms with Gasteiger partial charge in [0.05, 0.1) is 13.2 Å². The van der Waals surface area contributed by atoms with Crippen LogP contribution < -0.4 is 9.47 Å². The predicted octanol–water partition coefficient (Wildman–Crippen LogP) is 2.58. The summed E-state index contributed by atoms with van der Waals surface area (Å²) in [6.45, 7) is 3.51. The molecule has 6 nitrogen and oxygen atoms in total. The molecule has 1 aliphatic heterocycles. The van der Waals surface area contributed by atoms with Crippen LogP contribution in [-0.2, 0) is 0 Å². The maximum atomic E-state index is 10.2. The van der Waals surface area contributed by atoms with Gasteiger partial charge in [-0.3, -0.25) is 0 Å². The molecule has 0 amide bonds. The lowest BCUT2D eigenvalue weighted by atomic mass is 9.87. The first-order valence-electron chi connectivity index (χ1n) is 5.59. The van der Waals surface area contributed by atoms with E-state index in [4.69, 9.17) is 15.0 Å². The molecule has 96 valence electrons. The van der Waals surface area contributed by atoms with Gasteiger partial charge in [-0.15, -0.1) is 0 Å². The van der Waals surface area contributed by atoms with Crippen LogP contribution >= 0.6 is 0 Å². The van der Waals surface area contributed by atoms with E-state index < -0.39 is 17.7 Å². The normalized spacial score (nSPS) is 24.4. The van der Waals surface area contributed by atoms with Crippen molar-refractivity contribution in [2.24, 2.45) is 5.11 Å². The lowest BCUT2D eigenvalue weighted by molar-refractivity contribution is -0.0571. The van der Waals surface area contributed by atoms with Crippen molar-refractivity contribution < 1.29 is 14.6 Å². The number of hydrogen-bond acceptors (Lipinski definition) is 4. The van der Waals surface area contributed by atoms with Gasteiger partial charge in [0.2, 0.25) is 0 Å². The number of hydrogen-bond donors (Lipinski definition) is 1. The lowest BCUT2D eigenvalue weighted by Crippen LogP contribution is -2.48. The Bertz CT molecular complexity index is 509. The van der Waals surface area contributed by atoms with Crippen molar-refractivity contribution in [3.8, 4) is 11.5 Å². The van der Waals surface area contributed by atoms with Crippen molar-refractivity contribution in [2.45, 2.75) is 31.6 Å². The molecule has 0 saturated carbocycles. The first kappa shape index (κ1) is 12.5. The fourth-order valence-electron chi connectivity index (χ4n) is 2.05. The molecule has 0 radical (unpaired) electrons. The van der Waals surface area contributed by atoms with Crippen LogP contribution in [0.5, 0.6) is 11.5 Å². The Balaban J connectivity index is 2.56. The Kier molecular flexibility index (Phi) is 3.07. The summed E-state index contributed by atoms with van der Waals surface area (Å²) in [4.78, 5) is 2.80. The number of nitrogens with zero attached hydrogens (tertiary/aromatic N) is 3. The number of azide groups is 1. The van der Waals surface area contributed by atoms with Gasteiger partial charge >= 0.3 is 0 Å². The minimum Gasteiger partial charge on any atom is -0.497 e. The first-order chi connectivity index (χ1) is 8.49. The van der Waals surface area contributed by atoms with Crippen LogP contribution in [0.25, 0.3) is 10.4 Å². The molecule has 0 fully saturated rings. The van der Waals surface area contributed by atoms with Crippen molar-refractivity contribution in [2.75, 3.05) is 7.11 Å². The Morgan fingerprint density at radius 1 is 1.50 bits per heavy atom. The summed E-state index contributed by atoms with van der Waals surface area (Å²) in [6, 6.07) is 4.55. The quantitative estimate of drug-likeness (QED) is 0.496. The van der Waals surface area contributed by atoms with Gasteiger partial charge in [-0.2, -0.15) is 0 Å². The summed E-state index contributed by atoms with van der Waals surface area (Å²) < 4.78 is 10.8. The van der Waals surface area contributed by atoms with Crippen LogP contribution in [-0.4, -0.2) is 23.9 Å². The van der Waals surface area contributed by atoms with Gasteiger partial charge < -0.3 is 14.6 Å². The molecule has 0 unspecified atom stereocenters. The first-order valence-corrected chi connectivity index (χ1v) is 5.59. The maximum Gasteiger partial charge on any atom is 0.130 e. The summed E-state index contributed by atoms with van der Waals surface area (Å²) in [5.74, 6) is 1.23. The number of methoxy groups -OCH3 is 1. The summed E-state index contributed by atoms with van der Waals surface area (Å²) in [6.07, 6.45) is -0.909. The molecule has 1 heterocycles. The minimum atomic E-state index is -0.909. The molecule has 0 aromatic heterocycles. The second kappa shape index (κ2) is 4.40. The SMILES string of the molecule is COc1ccc2c(c1)[C@H](N=[N+]=[N-])[C@@H](O)C(C)(C)O2. The molecule has 1 aliphatic rings. The third kappa shape index (κ3) is 1.96. The van der Waals surface area contributed by atoms with E-state index in [9.17, 15) is 5.11 Å². The molecular formula is C12H15N3O3. The van der Waals surface area contributed by atoms with E-state index in [1.807, 2.05) is 0 Å². The summed E-state index contributed by atoms with van der Waals surface area (Å²) in [5.41, 5.74) is 8.47. The highest BCUT2D eigenvalue weighted by molar-refractivity contribution is 5.45. The zero-order valence-electron chi connectivity index (χ0n) is 10.5. The topological polar surface area (TPSA) is 87.5 Å². The van der Waals surface area contributed by atoms with Crippen LogP contribution in [0.15, 0.2) is 23.3 Å². The van der Waals surface area contributed by atoms with Crippen molar-refractivity contribution in [3.63, 3.8) is 0 Å². The fourth-order valence-corrected chi connectivity index (χ4v) is 2.05. The smallest absolute Gasteiger partial charge is 0.130 e. The second-order valence-corrected chi connectivity index (χ2v) is 4.70. The van der Waals surface area contributed by atoms with Crippen molar-refractivity contribution >= 4 is 0 Å². The number of fused-ring (bicyclic) bond motifs is 1. The van der Waals surface area contributed by atoms with Gasteiger partial charge in [0.15, 0.2) is 0 Å². The molecule has 1 aromatic carbocycles. The molecule has 6 heteroatoms. The van der Waals surface area contributed by atoms with Crippen LogP contribution in [0.1, 0.15) is 25.5 Å². The molecular weight excluding hydrogens is 234 g/mol. The molecule has 1 N–H and O–H groups in total. The third-order valence-electron chi connectivity index (χ3n) is 3.10. The molecule has 2 rings (SSSR count). The highest BCUT2D eigenvalue weighted by Gasteiger charge is 2.42. The summed E-state index contributed by atoms with van der Waals surface area (Å²) in [5, 5.41) is 13.9. The molecule has 18 heavy (non-hydrogen) atoms. The number of aliphatic hydroxyl groups is 1. The number of aliphatic hydroxyl groups excluding tert-OH is 1. The van der Waals surface area contributed by atoms with Crippen molar-refractivity contribution in [1.82, 2.24) is 0 Å². The average Bonchev–Trinajstić information content (AvgIpc) is 2.34. The van der Waals surface area contributed by atoms with E-state index in [1.165, 1.54) is 0 Å². The van der Waals surface area contributed by atoms with Gasteiger partial charge in [0.25, 0.3) is 0 Å². The highest BCUT2D eigenvalue weighted by Crippen LogP contribution is 2.43. The van der Waals surface area contributed by atoms with E-state index in [2.05, 4.69) is 10.0 Å². The number of rotatable bonds is 2. The van der Waals surface area contributed by atoms with Gasteiger partial charge in [0, 0.05) is 10.5 Å². The van der Waals surface area contributed by atoms with Crippen LogP contribution in [0.2, 0.25) is 0 Å². The lowest BCUT2D eigenvalue weighted by Gasteiger charge is -2.40. The van der Waals surface area contributed by atoms with E-state index in [0.29, 0.717) is 17.1 Å². The monoisotopic (exact) mass is 249 g/mol. The molecule has 0 spiro atoms. The standard InChI is InChI=1S/C12H15N3O3/c1-12(2)11(16)10(14-15-13)8-6-7(17-3)4-5-9(8)18-12/h4-6,10-11,16H,1-3H3/t10-,11+/m0/s1. The Hall–Kier alpha value is -1.91. The third-order valence-corrected chi connectivity index (χ3v) is 3.10. The van der Waals surface area contributed by atoms with Crippen LogP contribution in [0, 0.1) is 0 Å². The number of benzene rings is 1. The zero-order chi connectivity index (χ0) is 13.3. The van der Waals surface area contributed by atoms with Crippen molar-refractivity contribution in [1.29, 1.82) is 0 Å². The van der Waals surface area contributed by atoms with Gasteiger partial charge in [-0.05, 0) is 37.6 Å². The Morgan fingerprint density at radius 3 is 2.83 bits per heavy atom. The van der Waals surface area contributed by atoms with Gasteiger partial charge in [-0.25, -0.2) is 0 Å². The maximum absolute atomic E-state index is 10.2. The zero-order valence-corrected chi connectivity index (χ0v) is 10.5.